The highest BCUT2D eigenvalue weighted by Crippen LogP contribution is 2.41. The zero-order valence-corrected chi connectivity index (χ0v) is 12.2. The van der Waals surface area contributed by atoms with Crippen LogP contribution in [0.2, 0.25) is 0 Å². The van der Waals surface area contributed by atoms with Gasteiger partial charge in [-0.2, -0.15) is 0 Å². The predicted octanol–water partition coefficient (Wildman–Crippen LogP) is 2.70. The number of carbonyl (C=O) groups is 2. The van der Waals surface area contributed by atoms with Crippen LogP contribution in [0.15, 0.2) is 35.2 Å². The third-order valence-electron chi connectivity index (χ3n) is 3.93. The van der Waals surface area contributed by atoms with Gasteiger partial charge in [0, 0.05) is 18.4 Å². The molecule has 104 valence electrons. The second-order valence-electron chi connectivity index (χ2n) is 5.09. The van der Waals surface area contributed by atoms with E-state index in [9.17, 15) is 9.59 Å². The maximum Gasteiger partial charge on any atom is 0.260 e. The Balaban J connectivity index is 2.06. The van der Waals surface area contributed by atoms with Crippen molar-refractivity contribution >= 4 is 40.1 Å². The molecule has 0 N–H and O–H groups in total. The summed E-state index contributed by atoms with van der Waals surface area (Å²) in [4.78, 5) is 31.7. The van der Waals surface area contributed by atoms with Gasteiger partial charge in [-0.05, 0) is 18.4 Å². The first-order valence-electron chi connectivity index (χ1n) is 6.74. The maximum absolute atomic E-state index is 12.6. The zero-order valence-electron chi connectivity index (χ0n) is 11.4. The predicted molar refractivity (Wildman–Crippen MR) is 82.8 cm³/mol. The van der Waals surface area contributed by atoms with E-state index in [4.69, 9.17) is 0 Å². The Bertz CT molecular complexity index is 841. The summed E-state index contributed by atoms with van der Waals surface area (Å²) in [5.41, 5.74) is 2.79. The Morgan fingerprint density at radius 1 is 1.24 bits per heavy atom. The van der Waals surface area contributed by atoms with E-state index in [1.807, 2.05) is 36.6 Å². The fraction of sp³-hybridized carbons (Fsp3) is 0.188. The highest BCUT2D eigenvalue weighted by Gasteiger charge is 2.40. The molecule has 4 rings (SSSR count). The van der Waals surface area contributed by atoms with Gasteiger partial charge in [-0.25, -0.2) is 4.98 Å². The highest BCUT2D eigenvalue weighted by molar-refractivity contribution is 8.03. The van der Waals surface area contributed by atoms with E-state index >= 15 is 0 Å². The molecule has 1 amide bonds. The van der Waals surface area contributed by atoms with Gasteiger partial charge >= 0.3 is 0 Å². The molecule has 2 aliphatic rings. The average Bonchev–Trinajstić information content (AvgIpc) is 2.78. The second kappa shape index (κ2) is 4.43. The summed E-state index contributed by atoms with van der Waals surface area (Å²) in [6, 6.07) is 9.61. The Labute approximate surface area is 125 Å². The number of aromatic nitrogens is 1. The van der Waals surface area contributed by atoms with Gasteiger partial charge in [0.2, 0.25) is 0 Å². The minimum absolute atomic E-state index is 0.0442. The first-order chi connectivity index (χ1) is 10.2. The largest absolute Gasteiger partial charge is 0.305 e. The van der Waals surface area contributed by atoms with Crippen molar-refractivity contribution < 1.29 is 9.59 Å². The Morgan fingerprint density at radius 3 is 2.86 bits per heavy atom. The van der Waals surface area contributed by atoms with Crippen molar-refractivity contribution in [3.05, 3.63) is 46.5 Å². The number of nitrogens with zero attached hydrogens (tertiary/aromatic N) is 2. The topological polar surface area (TPSA) is 50.3 Å². The summed E-state index contributed by atoms with van der Waals surface area (Å²) in [6.07, 6.45) is 2.26. The van der Waals surface area contributed by atoms with Crippen LogP contribution in [0, 0.1) is 0 Å². The number of Topliss-reactive ketones (excluding diaryl/α,β-unsaturated/α-hetero) is 1. The molecular formula is C16H12N2O2S. The fourth-order valence-electron chi connectivity index (χ4n) is 2.95. The lowest BCUT2D eigenvalue weighted by atomic mass is 10.1. The number of pyridine rings is 1. The van der Waals surface area contributed by atoms with Crippen LogP contribution >= 0.6 is 11.8 Å². The molecule has 0 saturated carbocycles. The molecule has 2 aliphatic heterocycles. The zero-order chi connectivity index (χ0) is 14.6. The van der Waals surface area contributed by atoms with Crippen molar-refractivity contribution in [2.45, 2.75) is 6.42 Å². The molecule has 4 nitrogen and oxygen atoms in total. The SMILES string of the molecule is CSC1=C2c3nc4ccccc4cc3C(=O)N2CCC1=O. The second-order valence-corrected chi connectivity index (χ2v) is 5.91. The number of amides is 1. The molecule has 21 heavy (non-hydrogen) atoms. The van der Waals surface area contributed by atoms with E-state index < -0.39 is 0 Å². The van der Waals surface area contributed by atoms with Crippen LogP contribution in [0.3, 0.4) is 0 Å². The Kier molecular flexibility index (Phi) is 2.65. The molecule has 2 aromatic rings. The number of para-hydroxylation sites is 1. The first-order valence-corrected chi connectivity index (χ1v) is 7.96. The number of hydrogen-bond donors (Lipinski definition) is 0. The van der Waals surface area contributed by atoms with Crippen LogP contribution in [0.5, 0.6) is 0 Å². The van der Waals surface area contributed by atoms with Crippen LogP contribution in [0.25, 0.3) is 16.6 Å². The van der Waals surface area contributed by atoms with E-state index in [0.29, 0.717) is 34.8 Å². The van der Waals surface area contributed by atoms with Gasteiger partial charge in [-0.3, -0.25) is 9.59 Å². The van der Waals surface area contributed by atoms with Gasteiger partial charge in [-0.1, -0.05) is 18.2 Å². The molecule has 0 unspecified atom stereocenters. The molecule has 0 saturated heterocycles. The molecular weight excluding hydrogens is 284 g/mol. The smallest absolute Gasteiger partial charge is 0.260 e. The normalized spacial score (nSPS) is 17.5. The van der Waals surface area contributed by atoms with Crippen molar-refractivity contribution in [3.8, 4) is 0 Å². The van der Waals surface area contributed by atoms with Crippen molar-refractivity contribution in [2.24, 2.45) is 0 Å². The number of fused-ring (bicyclic) bond motifs is 4. The molecule has 0 radical (unpaired) electrons. The number of rotatable bonds is 1. The number of allylic oxidation sites excluding steroid dienone is 1. The van der Waals surface area contributed by atoms with Gasteiger partial charge in [0.15, 0.2) is 5.78 Å². The molecule has 5 heteroatoms. The summed E-state index contributed by atoms with van der Waals surface area (Å²) in [6.45, 7) is 0.448. The van der Waals surface area contributed by atoms with E-state index in [-0.39, 0.29) is 11.7 Å². The van der Waals surface area contributed by atoms with Crippen molar-refractivity contribution in [1.82, 2.24) is 9.88 Å². The summed E-state index contributed by atoms with van der Waals surface area (Å²) < 4.78 is 0. The first kappa shape index (κ1) is 12.6. The van der Waals surface area contributed by atoms with Gasteiger partial charge < -0.3 is 4.90 Å². The monoisotopic (exact) mass is 296 g/mol. The number of hydrogen-bond acceptors (Lipinski definition) is 4. The quantitative estimate of drug-likeness (QED) is 0.812. The number of carbonyl (C=O) groups excluding carboxylic acids is 2. The summed E-state index contributed by atoms with van der Waals surface area (Å²) in [5.74, 6) is 0.0571. The maximum atomic E-state index is 12.6. The Morgan fingerprint density at radius 2 is 2.05 bits per heavy atom. The minimum atomic E-state index is -0.0442. The van der Waals surface area contributed by atoms with Gasteiger partial charge in [0.1, 0.15) is 5.69 Å². The average molecular weight is 296 g/mol. The summed E-state index contributed by atoms with van der Waals surface area (Å²) in [5, 5.41) is 0.946. The van der Waals surface area contributed by atoms with E-state index in [1.165, 1.54) is 11.8 Å². The van der Waals surface area contributed by atoms with Crippen molar-refractivity contribution in [3.63, 3.8) is 0 Å². The Hall–Kier alpha value is -2.14. The molecule has 3 heterocycles. The van der Waals surface area contributed by atoms with Crippen LogP contribution in [0.1, 0.15) is 22.5 Å². The molecule has 0 atom stereocenters. The van der Waals surface area contributed by atoms with Crippen molar-refractivity contribution in [2.75, 3.05) is 12.8 Å². The summed E-state index contributed by atoms with van der Waals surface area (Å²) in [7, 11) is 0. The van der Waals surface area contributed by atoms with Crippen LogP contribution < -0.4 is 0 Å². The molecule has 0 fully saturated rings. The van der Waals surface area contributed by atoms with Crippen LogP contribution in [-0.4, -0.2) is 34.4 Å². The lowest BCUT2D eigenvalue weighted by Crippen LogP contribution is -2.31. The van der Waals surface area contributed by atoms with Gasteiger partial charge in [0.25, 0.3) is 5.91 Å². The number of ketones is 1. The lowest BCUT2D eigenvalue weighted by molar-refractivity contribution is -0.115. The number of thioether (sulfide) groups is 1. The van der Waals surface area contributed by atoms with E-state index in [2.05, 4.69) is 4.98 Å². The molecule has 1 aromatic heterocycles. The lowest BCUT2D eigenvalue weighted by Gasteiger charge is -2.24. The summed E-state index contributed by atoms with van der Waals surface area (Å²) >= 11 is 1.40. The molecule has 1 aromatic carbocycles. The number of benzene rings is 1. The van der Waals surface area contributed by atoms with E-state index in [0.717, 1.165) is 10.9 Å². The standard InChI is InChI=1S/C16H12N2O2S/c1-21-15-12(19)6-7-18-14(15)13-10(16(18)20)8-9-4-2-3-5-11(9)17-13/h2-5,8H,6-7H2,1H3. The van der Waals surface area contributed by atoms with Crippen LogP contribution in [-0.2, 0) is 4.79 Å². The van der Waals surface area contributed by atoms with E-state index in [1.54, 1.807) is 4.90 Å². The molecule has 0 bridgehead atoms. The van der Waals surface area contributed by atoms with Crippen LogP contribution in [0.4, 0.5) is 0 Å². The minimum Gasteiger partial charge on any atom is -0.305 e. The van der Waals surface area contributed by atoms with Gasteiger partial charge in [0.05, 0.1) is 21.7 Å². The molecule has 0 spiro atoms. The highest BCUT2D eigenvalue weighted by atomic mass is 32.2. The van der Waals surface area contributed by atoms with Crippen molar-refractivity contribution in [1.29, 1.82) is 0 Å². The fourth-order valence-corrected chi connectivity index (χ4v) is 3.68. The van der Waals surface area contributed by atoms with Gasteiger partial charge in [-0.15, -0.1) is 11.8 Å². The third kappa shape index (κ3) is 1.67. The third-order valence-corrected chi connectivity index (χ3v) is 4.76. The molecule has 0 aliphatic carbocycles.